The predicted octanol–water partition coefficient (Wildman–Crippen LogP) is 1.52. The number of nitrogens with one attached hydrogen (secondary N) is 1. The summed E-state index contributed by atoms with van der Waals surface area (Å²) in [4.78, 5) is 11.1. The molecule has 0 atom stereocenters. The van der Waals surface area contributed by atoms with Crippen LogP contribution in [0.3, 0.4) is 0 Å². The molecule has 1 amide bonds. The number of hydrogen-bond donors (Lipinski definition) is 1. The first kappa shape index (κ1) is 12.6. The van der Waals surface area contributed by atoms with Gasteiger partial charge in [-0.1, -0.05) is 18.2 Å². The van der Waals surface area contributed by atoms with E-state index in [1.54, 1.807) is 18.2 Å². The molecule has 1 rings (SSSR count). The lowest BCUT2D eigenvalue weighted by Crippen LogP contribution is -2.29. The third-order valence-corrected chi connectivity index (χ3v) is 2.11. The Kier molecular flexibility index (Phi) is 5.50. The Bertz CT molecular complexity index is 342. The van der Waals surface area contributed by atoms with Gasteiger partial charge in [0.1, 0.15) is 12.4 Å². The summed E-state index contributed by atoms with van der Waals surface area (Å²) in [5.41, 5.74) is 0.610. The van der Waals surface area contributed by atoms with Crippen LogP contribution < -0.4 is 5.32 Å². The zero-order valence-corrected chi connectivity index (χ0v) is 9.33. The highest BCUT2D eigenvalue weighted by atomic mass is 19.1. The van der Waals surface area contributed by atoms with E-state index in [1.165, 1.54) is 6.07 Å². The van der Waals surface area contributed by atoms with Gasteiger partial charge in [-0.15, -0.1) is 0 Å². The molecule has 0 bridgehead atoms. The molecule has 4 heteroatoms. The average molecular weight is 225 g/mol. The van der Waals surface area contributed by atoms with Gasteiger partial charge >= 0.3 is 0 Å². The Balaban J connectivity index is 2.25. The van der Waals surface area contributed by atoms with Gasteiger partial charge in [0.15, 0.2) is 0 Å². The van der Waals surface area contributed by atoms with Crippen molar-refractivity contribution in [3.63, 3.8) is 0 Å². The standard InChI is InChI=1S/C12H16FNO2/c1-2-16-9-12(15)14-8-7-10-5-3-4-6-11(10)13/h3-6H,2,7-9H2,1H3,(H,14,15). The summed E-state index contributed by atoms with van der Waals surface area (Å²) in [6.45, 7) is 2.83. The summed E-state index contributed by atoms with van der Waals surface area (Å²) in [5.74, 6) is -0.403. The zero-order chi connectivity index (χ0) is 11.8. The number of hydrogen-bond acceptors (Lipinski definition) is 2. The summed E-state index contributed by atoms with van der Waals surface area (Å²) in [6, 6.07) is 6.55. The van der Waals surface area contributed by atoms with Crippen molar-refractivity contribution < 1.29 is 13.9 Å². The SMILES string of the molecule is CCOCC(=O)NCCc1ccccc1F. The molecule has 0 fully saturated rings. The number of ether oxygens (including phenoxy) is 1. The largest absolute Gasteiger partial charge is 0.372 e. The maximum atomic E-state index is 13.2. The van der Waals surface area contributed by atoms with E-state index in [-0.39, 0.29) is 18.3 Å². The highest BCUT2D eigenvalue weighted by Gasteiger charge is 2.02. The Hall–Kier alpha value is -1.42. The predicted molar refractivity (Wildman–Crippen MR) is 59.6 cm³/mol. The Morgan fingerprint density at radius 3 is 2.88 bits per heavy atom. The molecule has 1 aromatic carbocycles. The Labute approximate surface area is 94.6 Å². The third kappa shape index (κ3) is 4.40. The van der Waals surface area contributed by atoms with Crippen LogP contribution in [0.5, 0.6) is 0 Å². The molecule has 0 aliphatic heterocycles. The van der Waals surface area contributed by atoms with Crippen LogP contribution in [0.1, 0.15) is 12.5 Å². The molecule has 0 spiro atoms. The molecule has 88 valence electrons. The summed E-state index contributed by atoms with van der Waals surface area (Å²) >= 11 is 0. The monoisotopic (exact) mass is 225 g/mol. The number of carbonyl (C=O) groups excluding carboxylic acids is 1. The molecule has 0 saturated heterocycles. The van der Waals surface area contributed by atoms with Crippen LogP contribution in [0, 0.1) is 5.82 Å². The number of benzene rings is 1. The number of carbonyl (C=O) groups is 1. The van der Waals surface area contributed by atoms with Crippen molar-refractivity contribution in [2.45, 2.75) is 13.3 Å². The van der Waals surface area contributed by atoms with Gasteiger partial charge in [-0.2, -0.15) is 0 Å². The average Bonchev–Trinajstić information content (AvgIpc) is 2.29. The summed E-state index contributed by atoms with van der Waals surface area (Å²) in [7, 11) is 0. The van der Waals surface area contributed by atoms with Crippen molar-refractivity contribution in [2.75, 3.05) is 19.8 Å². The van der Waals surface area contributed by atoms with Crippen LogP contribution in [0.2, 0.25) is 0 Å². The van der Waals surface area contributed by atoms with E-state index >= 15 is 0 Å². The fraction of sp³-hybridized carbons (Fsp3) is 0.417. The van der Waals surface area contributed by atoms with E-state index in [2.05, 4.69) is 5.32 Å². The molecular formula is C12H16FNO2. The number of rotatable bonds is 6. The van der Waals surface area contributed by atoms with E-state index in [0.717, 1.165) is 0 Å². The summed E-state index contributed by atoms with van der Waals surface area (Å²) in [6.07, 6.45) is 0.491. The molecule has 0 aromatic heterocycles. The number of amides is 1. The minimum atomic E-state index is -0.235. The van der Waals surface area contributed by atoms with E-state index in [9.17, 15) is 9.18 Å². The van der Waals surface area contributed by atoms with Crippen LogP contribution in [0.25, 0.3) is 0 Å². The maximum Gasteiger partial charge on any atom is 0.246 e. The smallest absolute Gasteiger partial charge is 0.246 e. The fourth-order valence-corrected chi connectivity index (χ4v) is 1.28. The van der Waals surface area contributed by atoms with E-state index in [0.29, 0.717) is 25.1 Å². The lowest BCUT2D eigenvalue weighted by molar-refractivity contribution is -0.125. The summed E-state index contributed by atoms with van der Waals surface area (Å²) < 4.78 is 18.1. The molecule has 0 aliphatic carbocycles. The van der Waals surface area contributed by atoms with E-state index in [1.807, 2.05) is 6.92 Å². The molecule has 16 heavy (non-hydrogen) atoms. The van der Waals surface area contributed by atoms with Crippen LogP contribution in [-0.4, -0.2) is 25.7 Å². The van der Waals surface area contributed by atoms with E-state index in [4.69, 9.17) is 4.74 Å². The molecule has 1 aromatic rings. The zero-order valence-electron chi connectivity index (χ0n) is 9.33. The molecule has 0 unspecified atom stereocenters. The highest BCUT2D eigenvalue weighted by molar-refractivity contribution is 5.77. The quantitative estimate of drug-likeness (QED) is 0.797. The minimum Gasteiger partial charge on any atom is -0.372 e. The van der Waals surface area contributed by atoms with Gasteiger partial charge in [-0.25, -0.2) is 4.39 Å². The van der Waals surface area contributed by atoms with Crippen molar-refractivity contribution in [3.8, 4) is 0 Å². The van der Waals surface area contributed by atoms with Crippen LogP contribution in [-0.2, 0) is 16.0 Å². The van der Waals surface area contributed by atoms with Crippen molar-refractivity contribution in [3.05, 3.63) is 35.6 Å². The van der Waals surface area contributed by atoms with Gasteiger partial charge < -0.3 is 10.1 Å². The second-order valence-electron chi connectivity index (χ2n) is 3.33. The maximum absolute atomic E-state index is 13.2. The molecular weight excluding hydrogens is 209 g/mol. The lowest BCUT2D eigenvalue weighted by Gasteiger charge is -2.05. The topological polar surface area (TPSA) is 38.3 Å². The first-order chi connectivity index (χ1) is 7.74. The lowest BCUT2D eigenvalue weighted by atomic mass is 10.1. The van der Waals surface area contributed by atoms with Crippen LogP contribution in [0.15, 0.2) is 24.3 Å². The van der Waals surface area contributed by atoms with Gasteiger partial charge in [0, 0.05) is 13.2 Å². The van der Waals surface area contributed by atoms with Crippen molar-refractivity contribution >= 4 is 5.91 Å². The fourth-order valence-electron chi connectivity index (χ4n) is 1.28. The second-order valence-corrected chi connectivity index (χ2v) is 3.33. The van der Waals surface area contributed by atoms with Crippen LogP contribution in [0.4, 0.5) is 4.39 Å². The Morgan fingerprint density at radius 1 is 1.44 bits per heavy atom. The van der Waals surface area contributed by atoms with Crippen molar-refractivity contribution in [1.82, 2.24) is 5.32 Å². The molecule has 1 N–H and O–H groups in total. The van der Waals surface area contributed by atoms with Gasteiger partial charge in [0.05, 0.1) is 0 Å². The second kappa shape index (κ2) is 6.95. The first-order valence-electron chi connectivity index (χ1n) is 5.32. The van der Waals surface area contributed by atoms with Gasteiger partial charge in [0.25, 0.3) is 0 Å². The molecule has 0 heterocycles. The normalized spacial score (nSPS) is 10.1. The summed E-state index contributed by atoms with van der Waals surface area (Å²) in [5, 5.41) is 2.66. The molecule has 0 radical (unpaired) electrons. The van der Waals surface area contributed by atoms with Crippen molar-refractivity contribution in [2.24, 2.45) is 0 Å². The van der Waals surface area contributed by atoms with Gasteiger partial charge in [-0.3, -0.25) is 4.79 Å². The molecule has 0 aliphatic rings. The molecule has 0 saturated carbocycles. The third-order valence-electron chi connectivity index (χ3n) is 2.11. The van der Waals surface area contributed by atoms with Crippen molar-refractivity contribution in [1.29, 1.82) is 0 Å². The number of halogens is 1. The molecule has 3 nitrogen and oxygen atoms in total. The first-order valence-corrected chi connectivity index (χ1v) is 5.32. The van der Waals surface area contributed by atoms with E-state index < -0.39 is 0 Å². The van der Waals surface area contributed by atoms with Gasteiger partial charge in [0.2, 0.25) is 5.91 Å². The van der Waals surface area contributed by atoms with Crippen LogP contribution >= 0.6 is 0 Å². The highest BCUT2D eigenvalue weighted by Crippen LogP contribution is 2.05. The van der Waals surface area contributed by atoms with Gasteiger partial charge in [-0.05, 0) is 25.0 Å². The minimum absolute atomic E-state index is 0.0633. The Morgan fingerprint density at radius 2 is 2.19 bits per heavy atom.